The molecule has 0 aromatic rings. The van der Waals surface area contributed by atoms with E-state index >= 15 is 0 Å². The van der Waals surface area contributed by atoms with Crippen LogP contribution in [-0.4, -0.2) is 44.3 Å². The van der Waals surface area contributed by atoms with Gasteiger partial charge in [0, 0.05) is 19.7 Å². The van der Waals surface area contributed by atoms with Gasteiger partial charge in [0.1, 0.15) is 0 Å². The highest BCUT2D eigenvalue weighted by atomic mass is 32.2. The summed E-state index contributed by atoms with van der Waals surface area (Å²) in [7, 11) is -3.00. The third kappa shape index (κ3) is 1.97. The lowest BCUT2D eigenvalue weighted by Crippen LogP contribution is -2.62. The third-order valence-electron chi connectivity index (χ3n) is 1.98. The molecule has 1 rings (SSSR count). The Kier molecular flexibility index (Phi) is 2.47. The molecule has 0 aromatic carbocycles. The van der Waals surface area contributed by atoms with Crippen molar-refractivity contribution < 1.29 is 13.2 Å². The summed E-state index contributed by atoms with van der Waals surface area (Å²) in [6.45, 7) is 5.44. The molecule has 1 fully saturated rings. The van der Waals surface area contributed by atoms with E-state index in [1.807, 2.05) is 13.8 Å². The Labute approximate surface area is 73.6 Å². The second-order valence-corrected chi connectivity index (χ2v) is 5.40. The van der Waals surface area contributed by atoms with Crippen molar-refractivity contribution in [2.45, 2.75) is 19.4 Å². The van der Waals surface area contributed by atoms with Gasteiger partial charge in [-0.05, 0) is 13.8 Å². The first kappa shape index (κ1) is 9.95. The molecule has 4 nitrogen and oxygen atoms in total. The van der Waals surface area contributed by atoms with Crippen LogP contribution in [0, 0.1) is 0 Å². The van der Waals surface area contributed by atoms with Crippen molar-refractivity contribution in [3.8, 4) is 0 Å². The quantitative estimate of drug-likeness (QED) is 0.636. The van der Waals surface area contributed by atoms with Gasteiger partial charge in [-0.25, -0.2) is 8.42 Å². The lowest BCUT2D eigenvalue weighted by atomic mass is 10.0. The van der Waals surface area contributed by atoms with Gasteiger partial charge in [0.15, 0.2) is 0 Å². The fourth-order valence-electron chi connectivity index (χ4n) is 1.37. The highest BCUT2D eigenvalue weighted by Crippen LogP contribution is 2.26. The summed E-state index contributed by atoms with van der Waals surface area (Å²) in [4.78, 5) is 0. The lowest BCUT2D eigenvalue weighted by molar-refractivity contribution is -0.0977. The maximum absolute atomic E-state index is 11.0. The molecule has 1 aliphatic heterocycles. The van der Waals surface area contributed by atoms with E-state index in [-0.39, 0.29) is 5.60 Å². The van der Waals surface area contributed by atoms with Gasteiger partial charge in [-0.1, -0.05) is 0 Å². The molecule has 0 aliphatic carbocycles. The maximum Gasteiger partial charge on any atom is 0.211 e. The van der Waals surface area contributed by atoms with Crippen LogP contribution in [0.15, 0.2) is 0 Å². The zero-order chi connectivity index (χ0) is 9.41. The zero-order valence-electron chi connectivity index (χ0n) is 7.70. The Morgan fingerprint density at radius 2 is 2.00 bits per heavy atom. The van der Waals surface area contributed by atoms with Crippen LogP contribution in [-0.2, 0) is 14.8 Å². The number of hydrogen-bond donors (Lipinski definition) is 0. The van der Waals surface area contributed by atoms with Crippen LogP contribution in [0.4, 0.5) is 0 Å². The van der Waals surface area contributed by atoms with Crippen molar-refractivity contribution >= 4 is 10.0 Å². The summed E-state index contributed by atoms with van der Waals surface area (Å²) in [5.41, 5.74) is -0.252. The smallest absolute Gasteiger partial charge is 0.211 e. The minimum absolute atomic E-state index is 0.252. The van der Waals surface area contributed by atoms with Gasteiger partial charge < -0.3 is 4.74 Å². The number of rotatable bonds is 3. The van der Waals surface area contributed by atoms with Gasteiger partial charge >= 0.3 is 0 Å². The average molecular weight is 193 g/mol. The van der Waals surface area contributed by atoms with Crippen LogP contribution < -0.4 is 0 Å². The van der Waals surface area contributed by atoms with Crippen LogP contribution >= 0.6 is 0 Å². The van der Waals surface area contributed by atoms with Gasteiger partial charge in [0.2, 0.25) is 10.0 Å². The molecular weight excluding hydrogens is 178 g/mol. The molecule has 0 aromatic heterocycles. The molecular formula is C7H15NO3S. The summed E-state index contributed by atoms with van der Waals surface area (Å²) < 4.78 is 28.8. The van der Waals surface area contributed by atoms with Gasteiger partial charge in [0.05, 0.1) is 11.9 Å². The predicted octanol–water partition coefficient (Wildman–Crippen LogP) is 0.0568. The first-order valence-corrected chi connectivity index (χ1v) is 5.81. The standard InChI is InChI=1S/C7H15NO3S/c1-4-11-7(2)5-8(6-7)12(3,9)10/h4-6H2,1-3H3. The molecule has 72 valence electrons. The van der Waals surface area contributed by atoms with Crippen LogP contribution in [0.5, 0.6) is 0 Å². The van der Waals surface area contributed by atoms with Crippen LogP contribution in [0.1, 0.15) is 13.8 Å². The fourth-order valence-corrected chi connectivity index (χ4v) is 2.39. The molecule has 0 bridgehead atoms. The average Bonchev–Trinajstić information content (AvgIpc) is 1.81. The van der Waals surface area contributed by atoms with E-state index in [4.69, 9.17) is 4.74 Å². The number of sulfonamides is 1. The minimum Gasteiger partial charge on any atom is -0.373 e. The minimum atomic E-state index is -3.00. The van der Waals surface area contributed by atoms with E-state index < -0.39 is 10.0 Å². The first-order chi connectivity index (χ1) is 5.37. The summed E-state index contributed by atoms with van der Waals surface area (Å²) >= 11 is 0. The van der Waals surface area contributed by atoms with Gasteiger partial charge in [-0.15, -0.1) is 0 Å². The molecule has 0 spiro atoms. The normalized spacial score (nSPS) is 23.6. The van der Waals surface area contributed by atoms with Gasteiger partial charge in [-0.2, -0.15) is 4.31 Å². The van der Waals surface area contributed by atoms with Gasteiger partial charge in [0.25, 0.3) is 0 Å². The topological polar surface area (TPSA) is 46.6 Å². The van der Waals surface area contributed by atoms with E-state index in [1.165, 1.54) is 10.6 Å². The summed E-state index contributed by atoms with van der Waals surface area (Å²) in [6, 6.07) is 0. The second kappa shape index (κ2) is 2.97. The van der Waals surface area contributed by atoms with E-state index in [2.05, 4.69) is 0 Å². The zero-order valence-corrected chi connectivity index (χ0v) is 8.52. The van der Waals surface area contributed by atoms with E-state index in [0.29, 0.717) is 19.7 Å². The first-order valence-electron chi connectivity index (χ1n) is 3.96. The van der Waals surface area contributed by atoms with Crippen LogP contribution in [0.3, 0.4) is 0 Å². The fraction of sp³-hybridized carbons (Fsp3) is 1.00. The van der Waals surface area contributed by atoms with Crippen molar-refractivity contribution in [1.82, 2.24) is 4.31 Å². The highest BCUT2D eigenvalue weighted by molar-refractivity contribution is 7.88. The Hall–Kier alpha value is -0.130. The number of ether oxygens (including phenoxy) is 1. The monoisotopic (exact) mass is 193 g/mol. The molecule has 0 atom stereocenters. The van der Waals surface area contributed by atoms with E-state index in [1.54, 1.807) is 0 Å². The molecule has 1 heterocycles. The Balaban J connectivity index is 2.47. The Bertz CT molecular complexity index is 254. The molecule has 0 unspecified atom stereocenters. The highest BCUT2D eigenvalue weighted by Gasteiger charge is 2.43. The molecule has 0 radical (unpaired) electrons. The van der Waals surface area contributed by atoms with Crippen molar-refractivity contribution in [1.29, 1.82) is 0 Å². The summed E-state index contributed by atoms with van der Waals surface area (Å²) in [5.74, 6) is 0. The molecule has 0 N–H and O–H groups in total. The SMILES string of the molecule is CCOC1(C)CN(S(C)(=O)=O)C1. The van der Waals surface area contributed by atoms with E-state index in [9.17, 15) is 8.42 Å². The molecule has 0 saturated carbocycles. The predicted molar refractivity (Wildman–Crippen MR) is 46.4 cm³/mol. The van der Waals surface area contributed by atoms with Crippen molar-refractivity contribution in [2.75, 3.05) is 26.0 Å². The van der Waals surface area contributed by atoms with Crippen LogP contribution in [0.25, 0.3) is 0 Å². The molecule has 12 heavy (non-hydrogen) atoms. The van der Waals surface area contributed by atoms with Crippen molar-refractivity contribution in [3.63, 3.8) is 0 Å². The maximum atomic E-state index is 11.0. The van der Waals surface area contributed by atoms with Crippen molar-refractivity contribution in [2.24, 2.45) is 0 Å². The third-order valence-corrected chi connectivity index (χ3v) is 3.18. The molecule has 1 saturated heterocycles. The molecule has 1 aliphatic rings. The molecule has 0 amide bonds. The number of nitrogens with zero attached hydrogens (tertiary/aromatic N) is 1. The Morgan fingerprint density at radius 1 is 1.50 bits per heavy atom. The lowest BCUT2D eigenvalue weighted by Gasteiger charge is -2.45. The Morgan fingerprint density at radius 3 is 2.33 bits per heavy atom. The van der Waals surface area contributed by atoms with E-state index in [0.717, 1.165) is 0 Å². The summed E-state index contributed by atoms with van der Waals surface area (Å²) in [6.07, 6.45) is 1.22. The molecule has 5 heteroatoms. The number of hydrogen-bond acceptors (Lipinski definition) is 3. The summed E-state index contributed by atoms with van der Waals surface area (Å²) in [5, 5.41) is 0. The van der Waals surface area contributed by atoms with Gasteiger partial charge in [-0.3, -0.25) is 0 Å². The largest absolute Gasteiger partial charge is 0.373 e. The van der Waals surface area contributed by atoms with Crippen LogP contribution in [0.2, 0.25) is 0 Å². The second-order valence-electron chi connectivity index (χ2n) is 3.41. The van der Waals surface area contributed by atoms with Crippen molar-refractivity contribution in [3.05, 3.63) is 0 Å².